The molecule has 1 atom stereocenters. The molecule has 1 saturated heterocycles. The second-order valence-electron chi connectivity index (χ2n) is 5.12. The Kier molecular flexibility index (Phi) is 3.45. The molecule has 1 aromatic heterocycles. The number of aryl methyl sites for hydroxylation is 1. The van der Waals surface area contributed by atoms with E-state index in [0.717, 1.165) is 18.6 Å². The van der Waals surface area contributed by atoms with Crippen molar-refractivity contribution >= 4 is 5.91 Å². The summed E-state index contributed by atoms with van der Waals surface area (Å²) < 4.78 is 32.7. The summed E-state index contributed by atoms with van der Waals surface area (Å²) in [5.74, 6) is -1.80. The maximum absolute atomic E-state index is 13.8. The number of carbonyl (C=O) groups is 1. The van der Waals surface area contributed by atoms with Gasteiger partial charge in [0.05, 0.1) is 11.7 Å². The molecule has 0 N–H and O–H groups in total. The van der Waals surface area contributed by atoms with Gasteiger partial charge in [0.2, 0.25) is 0 Å². The van der Waals surface area contributed by atoms with Crippen molar-refractivity contribution in [3.05, 3.63) is 52.9 Å². The monoisotopic (exact) mass is 292 g/mol. The standard InChI is InChI=1S/C15H14F2N2O2/c1-9-8-13(21-18-9)12-6-3-7-19(12)15(20)14-10(16)4-2-5-11(14)17/h2,4-5,8,12H,3,6-7H2,1H3/t12-/m0/s1. The van der Waals surface area contributed by atoms with Gasteiger partial charge in [0.15, 0.2) is 5.76 Å². The minimum atomic E-state index is -0.848. The number of rotatable bonds is 2. The van der Waals surface area contributed by atoms with E-state index in [1.807, 2.05) is 0 Å². The second-order valence-corrected chi connectivity index (χ2v) is 5.12. The second kappa shape index (κ2) is 5.27. The molecular weight excluding hydrogens is 278 g/mol. The Balaban J connectivity index is 1.93. The van der Waals surface area contributed by atoms with E-state index in [4.69, 9.17) is 4.52 Å². The fourth-order valence-corrected chi connectivity index (χ4v) is 2.69. The van der Waals surface area contributed by atoms with Crippen LogP contribution in [0.25, 0.3) is 0 Å². The van der Waals surface area contributed by atoms with Crippen molar-refractivity contribution < 1.29 is 18.1 Å². The zero-order chi connectivity index (χ0) is 15.0. The summed E-state index contributed by atoms with van der Waals surface area (Å²) in [5.41, 5.74) is 0.196. The van der Waals surface area contributed by atoms with Crippen molar-refractivity contribution in [3.8, 4) is 0 Å². The molecule has 1 aliphatic rings. The van der Waals surface area contributed by atoms with Crippen molar-refractivity contribution in [3.63, 3.8) is 0 Å². The van der Waals surface area contributed by atoms with Crippen molar-refractivity contribution in [2.75, 3.05) is 6.54 Å². The van der Waals surface area contributed by atoms with E-state index in [-0.39, 0.29) is 6.04 Å². The number of nitrogens with zero attached hydrogens (tertiary/aromatic N) is 2. The molecule has 0 saturated carbocycles. The predicted molar refractivity (Wildman–Crippen MR) is 70.6 cm³/mol. The van der Waals surface area contributed by atoms with Crippen LogP contribution in [0.2, 0.25) is 0 Å². The van der Waals surface area contributed by atoms with Crippen LogP contribution in [-0.2, 0) is 0 Å². The summed E-state index contributed by atoms with van der Waals surface area (Å²) in [4.78, 5) is 13.9. The third kappa shape index (κ3) is 2.41. The summed E-state index contributed by atoms with van der Waals surface area (Å²) >= 11 is 0. The molecule has 0 spiro atoms. The van der Waals surface area contributed by atoms with Gasteiger partial charge in [-0.25, -0.2) is 8.78 Å². The van der Waals surface area contributed by atoms with Crippen LogP contribution in [0, 0.1) is 18.6 Å². The SMILES string of the molecule is Cc1cc([C@@H]2CCCN2C(=O)c2c(F)cccc2F)on1. The Morgan fingerprint density at radius 1 is 1.38 bits per heavy atom. The largest absolute Gasteiger partial charge is 0.359 e. The van der Waals surface area contributed by atoms with E-state index in [9.17, 15) is 13.6 Å². The molecular formula is C15H14F2N2O2. The van der Waals surface area contributed by atoms with Crippen LogP contribution in [0.15, 0.2) is 28.8 Å². The highest BCUT2D eigenvalue weighted by atomic mass is 19.1. The lowest BCUT2D eigenvalue weighted by Crippen LogP contribution is -2.31. The van der Waals surface area contributed by atoms with Crippen LogP contribution in [-0.4, -0.2) is 22.5 Å². The summed E-state index contributed by atoms with van der Waals surface area (Å²) in [5, 5.41) is 3.80. The number of aromatic nitrogens is 1. The molecule has 2 aromatic rings. The molecule has 0 unspecified atom stereocenters. The van der Waals surface area contributed by atoms with Gasteiger partial charge in [-0.1, -0.05) is 11.2 Å². The maximum atomic E-state index is 13.8. The number of hydrogen-bond acceptors (Lipinski definition) is 3. The van der Waals surface area contributed by atoms with Gasteiger partial charge in [-0.2, -0.15) is 0 Å². The lowest BCUT2D eigenvalue weighted by Gasteiger charge is -2.23. The normalized spacial score (nSPS) is 18.2. The molecule has 6 heteroatoms. The van der Waals surface area contributed by atoms with Crippen molar-refractivity contribution in [1.29, 1.82) is 0 Å². The molecule has 1 aliphatic heterocycles. The van der Waals surface area contributed by atoms with E-state index >= 15 is 0 Å². The molecule has 3 rings (SSSR count). The van der Waals surface area contributed by atoms with Crippen LogP contribution < -0.4 is 0 Å². The lowest BCUT2D eigenvalue weighted by atomic mass is 10.1. The Bertz CT molecular complexity index is 664. The van der Waals surface area contributed by atoms with Gasteiger partial charge in [0.1, 0.15) is 17.2 Å². The van der Waals surface area contributed by atoms with Gasteiger partial charge in [0.25, 0.3) is 5.91 Å². The smallest absolute Gasteiger partial charge is 0.260 e. The first kappa shape index (κ1) is 13.7. The van der Waals surface area contributed by atoms with Gasteiger partial charge in [-0.05, 0) is 31.9 Å². The number of likely N-dealkylation sites (tertiary alicyclic amines) is 1. The van der Waals surface area contributed by atoms with Crippen LogP contribution in [0.4, 0.5) is 8.78 Å². The average Bonchev–Trinajstić information content (AvgIpc) is 3.06. The summed E-state index contributed by atoms with van der Waals surface area (Å²) in [6, 6.07) is 4.83. The molecule has 2 heterocycles. The fourth-order valence-electron chi connectivity index (χ4n) is 2.69. The highest BCUT2D eigenvalue weighted by molar-refractivity contribution is 5.95. The van der Waals surface area contributed by atoms with E-state index in [0.29, 0.717) is 24.4 Å². The van der Waals surface area contributed by atoms with Gasteiger partial charge in [-0.3, -0.25) is 4.79 Å². The minimum absolute atomic E-state index is 0.322. The van der Waals surface area contributed by atoms with Crippen LogP contribution in [0.3, 0.4) is 0 Å². The molecule has 4 nitrogen and oxygen atoms in total. The first-order valence-electron chi connectivity index (χ1n) is 6.76. The number of amides is 1. The van der Waals surface area contributed by atoms with Crippen molar-refractivity contribution in [2.24, 2.45) is 0 Å². The molecule has 0 bridgehead atoms. The third-order valence-corrected chi connectivity index (χ3v) is 3.66. The molecule has 110 valence electrons. The number of halogens is 2. The number of benzene rings is 1. The maximum Gasteiger partial charge on any atom is 0.260 e. The van der Waals surface area contributed by atoms with Gasteiger partial charge in [0, 0.05) is 12.6 Å². The summed E-state index contributed by atoms with van der Waals surface area (Å²) in [7, 11) is 0. The molecule has 21 heavy (non-hydrogen) atoms. The number of hydrogen-bond donors (Lipinski definition) is 0. The predicted octanol–water partition coefficient (Wildman–Crippen LogP) is 3.24. The first-order chi connectivity index (χ1) is 10.1. The van der Waals surface area contributed by atoms with Gasteiger partial charge < -0.3 is 9.42 Å². The molecule has 1 aromatic carbocycles. The Morgan fingerprint density at radius 3 is 2.71 bits per heavy atom. The van der Waals surface area contributed by atoms with Crippen LogP contribution in [0.5, 0.6) is 0 Å². The van der Waals surface area contributed by atoms with Crippen molar-refractivity contribution in [2.45, 2.75) is 25.8 Å². The van der Waals surface area contributed by atoms with E-state index in [2.05, 4.69) is 5.16 Å². The van der Waals surface area contributed by atoms with Crippen LogP contribution in [0.1, 0.15) is 40.7 Å². The molecule has 1 amide bonds. The zero-order valence-corrected chi connectivity index (χ0v) is 11.5. The Morgan fingerprint density at radius 2 is 2.10 bits per heavy atom. The Hall–Kier alpha value is -2.24. The number of carbonyl (C=O) groups excluding carboxylic acids is 1. The highest BCUT2D eigenvalue weighted by Crippen LogP contribution is 2.34. The van der Waals surface area contributed by atoms with Crippen molar-refractivity contribution in [1.82, 2.24) is 10.1 Å². The summed E-state index contributed by atoms with van der Waals surface area (Å²) in [6.07, 6.45) is 1.45. The average molecular weight is 292 g/mol. The topological polar surface area (TPSA) is 46.3 Å². The van der Waals surface area contributed by atoms with Gasteiger partial charge in [-0.15, -0.1) is 0 Å². The molecule has 1 fully saturated rings. The van der Waals surface area contributed by atoms with Gasteiger partial charge >= 0.3 is 0 Å². The zero-order valence-electron chi connectivity index (χ0n) is 11.5. The highest BCUT2D eigenvalue weighted by Gasteiger charge is 2.35. The van der Waals surface area contributed by atoms with E-state index in [1.54, 1.807) is 13.0 Å². The quantitative estimate of drug-likeness (QED) is 0.853. The minimum Gasteiger partial charge on any atom is -0.359 e. The molecule has 0 radical (unpaired) electrons. The first-order valence-corrected chi connectivity index (χ1v) is 6.76. The molecule has 0 aliphatic carbocycles. The lowest BCUT2D eigenvalue weighted by molar-refractivity contribution is 0.0704. The van der Waals surface area contributed by atoms with E-state index in [1.165, 1.54) is 11.0 Å². The summed E-state index contributed by atoms with van der Waals surface area (Å²) in [6.45, 7) is 2.22. The third-order valence-electron chi connectivity index (χ3n) is 3.66. The Labute approximate surface area is 120 Å². The van der Waals surface area contributed by atoms with Crippen LogP contribution >= 0.6 is 0 Å². The fraction of sp³-hybridized carbons (Fsp3) is 0.333. The van der Waals surface area contributed by atoms with E-state index < -0.39 is 23.1 Å².